The maximum Gasteiger partial charge on any atom is 0.177 e. The minimum atomic E-state index is 0.299. The summed E-state index contributed by atoms with van der Waals surface area (Å²) in [6.07, 6.45) is 9.96. The number of nitrogens with one attached hydrogen (secondary N) is 1. The zero-order valence-electron chi connectivity index (χ0n) is 15.9. The van der Waals surface area contributed by atoms with E-state index in [9.17, 15) is 0 Å². The van der Waals surface area contributed by atoms with E-state index in [0.29, 0.717) is 17.8 Å². The van der Waals surface area contributed by atoms with Crippen LogP contribution < -0.4 is 16.8 Å². The van der Waals surface area contributed by atoms with Crippen molar-refractivity contribution in [1.82, 2.24) is 14.6 Å². The lowest BCUT2D eigenvalue weighted by atomic mass is 9.81. The predicted molar refractivity (Wildman–Crippen MR) is 110 cm³/mol. The fourth-order valence-electron chi connectivity index (χ4n) is 4.11. The van der Waals surface area contributed by atoms with E-state index in [-0.39, 0.29) is 0 Å². The summed E-state index contributed by atoms with van der Waals surface area (Å²) in [5.41, 5.74) is 17.8. The Kier molecular flexibility index (Phi) is 4.99. The molecule has 6 heteroatoms. The Labute approximate surface area is 160 Å². The summed E-state index contributed by atoms with van der Waals surface area (Å²) in [6, 6.07) is 8.91. The SMILES string of the molecule is CCCc1ccc(Nc2c(C3CCC(N)CC3)c(N)nn3ccnc23)cc1. The number of rotatable bonds is 5. The number of nitrogens with two attached hydrogens (primary N) is 2. The molecule has 5 N–H and O–H groups in total. The van der Waals surface area contributed by atoms with Gasteiger partial charge < -0.3 is 16.8 Å². The van der Waals surface area contributed by atoms with Crippen molar-refractivity contribution in [3.63, 3.8) is 0 Å². The van der Waals surface area contributed by atoms with Crippen LogP contribution in [0.5, 0.6) is 0 Å². The lowest BCUT2D eigenvalue weighted by Crippen LogP contribution is -2.26. The first-order valence-electron chi connectivity index (χ1n) is 9.90. The van der Waals surface area contributed by atoms with Crippen molar-refractivity contribution < 1.29 is 0 Å². The van der Waals surface area contributed by atoms with Crippen molar-refractivity contribution in [3.8, 4) is 0 Å². The summed E-state index contributed by atoms with van der Waals surface area (Å²) in [7, 11) is 0. The number of aromatic nitrogens is 3. The van der Waals surface area contributed by atoms with E-state index in [4.69, 9.17) is 11.5 Å². The van der Waals surface area contributed by atoms with E-state index >= 15 is 0 Å². The summed E-state index contributed by atoms with van der Waals surface area (Å²) in [5.74, 6) is 0.937. The van der Waals surface area contributed by atoms with Crippen molar-refractivity contribution in [2.24, 2.45) is 5.73 Å². The Morgan fingerprint density at radius 1 is 1.15 bits per heavy atom. The first-order chi connectivity index (χ1) is 13.2. The number of imidazole rings is 1. The Hall–Kier alpha value is -2.60. The number of hydrogen-bond donors (Lipinski definition) is 3. The molecule has 0 atom stereocenters. The predicted octanol–water partition coefficient (Wildman–Crippen LogP) is 3.99. The maximum absolute atomic E-state index is 6.40. The second-order valence-electron chi connectivity index (χ2n) is 7.55. The molecule has 3 aromatic rings. The van der Waals surface area contributed by atoms with Gasteiger partial charge in [0.1, 0.15) is 5.82 Å². The molecule has 1 saturated carbocycles. The molecule has 0 radical (unpaired) electrons. The maximum atomic E-state index is 6.40. The molecule has 6 nitrogen and oxygen atoms in total. The molecule has 0 saturated heterocycles. The van der Waals surface area contributed by atoms with E-state index in [2.05, 4.69) is 46.6 Å². The summed E-state index contributed by atoms with van der Waals surface area (Å²) in [5, 5.41) is 8.12. The molecule has 2 heterocycles. The van der Waals surface area contributed by atoms with E-state index in [0.717, 1.165) is 61.1 Å². The third-order valence-corrected chi connectivity index (χ3v) is 5.55. The Bertz CT molecular complexity index is 906. The van der Waals surface area contributed by atoms with Gasteiger partial charge in [-0.15, -0.1) is 5.10 Å². The smallest absolute Gasteiger partial charge is 0.177 e. The van der Waals surface area contributed by atoms with Gasteiger partial charge in [-0.1, -0.05) is 25.5 Å². The van der Waals surface area contributed by atoms with Crippen LogP contribution in [-0.2, 0) is 6.42 Å². The number of anilines is 3. The van der Waals surface area contributed by atoms with Crippen LogP contribution in [0, 0.1) is 0 Å². The molecule has 1 aliphatic rings. The molecular formula is C21H28N6. The zero-order valence-corrected chi connectivity index (χ0v) is 15.9. The van der Waals surface area contributed by atoms with Crippen molar-refractivity contribution in [2.75, 3.05) is 11.1 Å². The van der Waals surface area contributed by atoms with Crippen LogP contribution in [0.4, 0.5) is 17.2 Å². The second-order valence-corrected chi connectivity index (χ2v) is 7.55. The normalized spacial score (nSPS) is 20.1. The molecule has 2 aromatic heterocycles. The van der Waals surface area contributed by atoms with Gasteiger partial charge in [-0.05, 0) is 55.7 Å². The minimum Gasteiger partial charge on any atom is -0.382 e. The summed E-state index contributed by atoms with van der Waals surface area (Å²) >= 11 is 0. The highest BCUT2D eigenvalue weighted by atomic mass is 15.3. The van der Waals surface area contributed by atoms with E-state index in [1.54, 1.807) is 10.7 Å². The van der Waals surface area contributed by atoms with Crippen molar-refractivity contribution in [3.05, 3.63) is 47.8 Å². The molecule has 0 spiro atoms. The standard InChI is InChI=1S/C21H28N6/c1-2-3-14-4-10-17(11-5-14)25-19-18(15-6-8-16(22)9-7-15)20(23)26-27-13-12-24-21(19)27/h4-5,10-13,15-16,25H,2-3,6-9,22H2,1H3,(H2,23,26). The zero-order chi connectivity index (χ0) is 18.8. The first-order valence-corrected chi connectivity index (χ1v) is 9.90. The molecule has 1 aliphatic carbocycles. The second kappa shape index (κ2) is 7.56. The summed E-state index contributed by atoms with van der Waals surface area (Å²) < 4.78 is 1.75. The van der Waals surface area contributed by atoms with Crippen molar-refractivity contribution in [2.45, 2.75) is 57.4 Å². The molecule has 0 unspecified atom stereocenters. The lowest BCUT2D eigenvalue weighted by molar-refractivity contribution is 0.396. The number of aryl methyl sites for hydroxylation is 1. The van der Waals surface area contributed by atoms with Gasteiger partial charge in [-0.3, -0.25) is 0 Å². The number of fused-ring (bicyclic) bond motifs is 1. The molecule has 0 aliphatic heterocycles. The van der Waals surface area contributed by atoms with Gasteiger partial charge in [-0.2, -0.15) is 0 Å². The highest BCUT2D eigenvalue weighted by Gasteiger charge is 2.27. The number of nitrogen functional groups attached to an aromatic ring is 1. The number of nitrogens with zero attached hydrogens (tertiary/aromatic N) is 3. The Balaban J connectivity index is 1.73. The number of benzene rings is 1. The van der Waals surface area contributed by atoms with Crippen LogP contribution in [-0.4, -0.2) is 20.6 Å². The van der Waals surface area contributed by atoms with Gasteiger partial charge >= 0.3 is 0 Å². The topological polar surface area (TPSA) is 94.3 Å². The molecular weight excluding hydrogens is 336 g/mol. The van der Waals surface area contributed by atoms with Crippen LogP contribution in [0.1, 0.15) is 56.1 Å². The van der Waals surface area contributed by atoms with Crippen molar-refractivity contribution in [1.29, 1.82) is 0 Å². The van der Waals surface area contributed by atoms with E-state index in [1.165, 1.54) is 5.56 Å². The fraction of sp³-hybridized carbons (Fsp3) is 0.429. The fourth-order valence-corrected chi connectivity index (χ4v) is 4.11. The summed E-state index contributed by atoms with van der Waals surface area (Å²) in [6.45, 7) is 2.20. The van der Waals surface area contributed by atoms with Crippen LogP contribution in [0.25, 0.3) is 5.65 Å². The molecule has 1 fully saturated rings. The minimum absolute atomic E-state index is 0.299. The largest absolute Gasteiger partial charge is 0.382 e. The van der Waals surface area contributed by atoms with E-state index < -0.39 is 0 Å². The molecule has 142 valence electrons. The third kappa shape index (κ3) is 3.62. The molecule has 1 aromatic carbocycles. The highest BCUT2D eigenvalue weighted by molar-refractivity contribution is 5.80. The summed E-state index contributed by atoms with van der Waals surface area (Å²) in [4.78, 5) is 4.53. The molecule has 0 amide bonds. The van der Waals surface area contributed by atoms with E-state index in [1.807, 2.05) is 6.20 Å². The van der Waals surface area contributed by atoms with Gasteiger partial charge in [0.25, 0.3) is 0 Å². The van der Waals surface area contributed by atoms with Gasteiger partial charge in [0.05, 0.1) is 5.69 Å². The van der Waals surface area contributed by atoms with Gasteiger partial charge in [-0.25, -0.2) is 9.50 Å². The van der Waals surface area contributed by atoms with Crippen LogP contribution in [0.2, 0.25) is 0 Å². The lowest BCUT2D eigenvalue weighted by Gasteiger charge is -2.28. The van der Waals surface area contributed by atoms with Gasteiger partial charge in [0.15, 0.2) is 5.65 Å². The van der Waals surface area contributed by atoms with Crippen LogP contribution in [0.3, 0.4) is 0 Å². The number of hydrogen-bond acceptors (Lipinski definition) is 5. The highest BCUT2D eigenvalue weighted by Crippen LogP contribution is 2.41. The average molecular weight is 364 g/mol. The monoisotopic (exact) mass is 364 g/mol. The molecule has 0 bridgehead atoms. The van der Waals surface area contributed by atoms with Crippen LogP contribution in [0.15, 0.2) is 36.7 Å². The quantitative estimate of drug-likeness (QED) is 0.636. The van der Waals surface area contributed by atoms with Crippen LogP contribution >= 0.6 is 0 Å². The Morgan fingerprint density at radius 2 is 1.89 bits per heavy atom. The Morgan fingerprint density at radius 3 is 2.59 bits per heavy atom. The average Bonchev–Trinajstić information content (AvgIpc) is 3.13. The molecule has 27 heavy (non-hydrogen) atoms. The molecule has 4 rings (SSSR count). The van der Waals surface area contributed by atoms with Gasteiger partial charge in [0.2, 0.25) is 0 Å². The first kappa shape index (κ1) is 17.8. The third-order valence-electron chi connectivity index (χ3n) is 5.55. The van der Waals surface area contributed by atoms with Gasteiger partial charge in [0, 0.05) is 29.7 Å². The van der Waals surface area contributed by atoms with Crippen molar-refractivity contribution >= 4 is 22.8 Å².